The zero-order valence-corrected chi connectivity index (χ0v) is 33.1. The molecule has 3 aromatic heterocycles. The van der Waals surface area contributed by atoms with Gasteiger partial charge in [0.1, 0.15) is 11.7 Å². The molecule has 1 saturated carbocycles. The number of rotatable bonds is 18. The summed E-state index contributed by atoms with van der Waals surface area (Å²) in [5.41, 5.74) is 5.86. The van der Waals surface area contributed by atoms with Gasteiger partial charge in [-0.25, -0.2) is 9.78 Å². The second-order valence-electron chi connectivity index (χ2n) is 15.3. The van der Waals surface area contributed by atoms with Crippen LogP contribution >= 0.6 is 0 Å². The SMILES string of the molecule is Cn1c(=O)n([C@H]2CCC(=O)NC2=O)c2ccc(CCCOCCOCCNCc3ccc(-c4cn([C@H]5CC[C@H](O)CC5)c5nc(NCCC(F)(F)F)ncc45)cc3)cc21. The number of nitrogens with one attached hydrogen (secondary N) is 3. The molecule has 0 bridgehead atoms. The van der Waals surface area contributed by atoms with Crippen LogP contribution < -0.4 is 21.6 Å². The highest BCUT2D eigenvalue weighted by atomic mass is 19.4. The maximum absolute atomic E-state index is 13.0. The highest BCUT2D eigenvalue weighted by molar-refractivity contribution is 6.00. The minimum atomic E-state index is -4.27. The van der Waals surface area contributed by atoms with Crippen molar-refractivity contribution in [3.63, 3.8) is 0 Å². The van der Waals surface area contributed by atoms with E-state index in [2.05, 4.69) is 42.6 Å². The molecule has 0 radical (unpaired) electrons. The van der Waals surface area contributed by atoms with Crippen molar-refractivity contribution in [2.24, 2.45) is 7.05 Å². The molecule has 59 heavy (non-hydrogen) atoms. The van der Waals surface area contributed by atoms with Crippen LogP contribution in [0.3, 0.4) is 0 Å². The van der Waals surface area contributed by atoms with Crippen LogP contribution in [0.15, 0.2) is 59.7 Å². The van der Waals surface area contributed by atoms with Crippen LogP contribution in [0.1, 0.15) is 74.6 Å². The number of hydrogen-bond donors (Lipinski definition) is 4. The van der Waals surface area contributed by atoms with Crippen molar-refractivity contribution in [2.45, 2.75) is 88.7 Å². The van der Waals surface area contributed by atoms with E-state index >= 15 is 0 Å². The van der Waals surface area contributed by atoms with Gasteiger partial charge in [0.15, 0.2) is 0 Å². The van der Waals surface area contributed by atoms with Crippen molar-refractivity contribution in [2.75, 3.05) is 44.8 Å². The first-order valence-corrected chi connectivity index (χ1v) is 20.3. The van der Waals surface area contributed by atoms with Gasteiger partial charge in [-0.1, -0.05) is 30.3 Å². The first kappa shape index (κ1) is 42.0. The molecule has 7 rings (SSSR count). The number of aryl methyl sites for hydroxylation is 2. The van der Waals surface area contributed by atoms with E-state index in [4.69, 9.17) is 9.47 Å². The van der Waals surface area contributed by atoms with Gasteiger partial charge >= 0.3 is 11.9 Å². The number of imidazole rings is 1. The minimum absolute atomic E-state index is 0.118. The van der Waals surface area contributed by atoms with Gasteiger partial charge in [-0.05, 0) is 73.8 Å². The van der Waals surface area contributed by atoms with Gasteiger partial charge in [-0.2, -0.15) is 18.2 Å². The van der Waals surface area contributed by atoms with Crippen LogP contribution in [0, 0.1) is 0 Å². The summed E-state index contributed by atoms with van der Waals surface area (Å²) in [4.78, 5) is 46.0. The molecule has 2 aromatic carbocycles. The van der Waals surface area contributed by atoms with E-state index in [1.54, 1.807) is 17.8 Å². The van der Waals surface area contributed by atoms with Crippen molar-refractivity contribution in [1.29, 1.82) is 0 Å². The Balaban J connectivity index is 0.822. The Hall–Kier alpha value is -5.10. The zero-order chi connectivity index (χ0) is 41.5. The molecule has 17 heteroatoms. The number of nitrogens with zero attached hydrogens (tertiary/aromatic N) is 5. The van der Waals surface area contributed by atoms with E-state index in [0.29, 0.717) is 69.9 Å². The Kier molecular flexibility index (Phi) is 13.4. The molecule has 14 nitrogen and oxygen atoms in total. The Bertz CT molecular complexity index is 2300. The molecule has 1 aliphatic carbocycles. The fraction of sp³-hybridized carbons (Fsp3) is 0.500. The Morgan fingerprint density at radius 3 is 2.41 bits per heavy atom. The van der Waals surface area contributed by atoms with Gasteiger partial charge < -0.3 is 29.8 Å². The number of benzene rings is 2. The molecule has 4 N–H and O–H groups in total. The quantitative estimate of drug-likeness (QED) is 0.0671. The lowest BCUT2D eigenvalue weighted by Crippen LogP contribution is -2.44. The van der Waals surface area contributed by atoms with Crippen LogP contribution in [0.2, 0.25) is 0 Å². The Labute approximate surface area is 339 Å². The van der Waals surface area contributed by atoms with Gasteiger partial charge in [0, 0.05) is 69.1 Å². The number of ether oxygens (including phenoxy) is 2. The zero-order valence-electron chi connectivity index (χ0n) is 33.1. The lowest BCUT2D eigenvalue weighted by molar-refractivity contribution is -0.136. The summed E-state index contributed by atoms with van der Waals surface area (Å²) in [6.07, 6.45) is 3.14. The molecule has 1 aliphatic heterocycles. The number of alkyl halides is 3. The number of anilines is 1. The standard InChI is InChI=1S/C42H51F3N8O6/c1-51-36-23-27(6-13-34(36)53(41(51)57)35-14-15-37(55)49-39(35)56)3-2-19-58-21-22-59-20-18-46-24-28-4-7-29(8-5-28)33-26-52(30-9-11-31(54)12-10-30)38-32(33)25-48-40(50-38)47-17-16-42(43,44)45/h4-8,13,23,25-26,30-31,35,46,54H,2-3,9-12,14-22,24H2,1H3,(H,47,48,50)(H,49,55,56)/t30-,31-,35-/m0/s1. The minimum Gasteiger partial charge on any atom is -0.393 e. The Morgan fingerprint density at radius 1 is 0.915 bits per heavy atom. The smallest absolute Gasteiger partial charge is 0.390 e. The fourth-order valence-corrected chi connectivity index (χ4v) is 7.95. The van der Waals surface area contributed by atoms with E-state index < -0.39 is 24.5 Å². The number of imide groups is 1. The van der Waals surface area contributed by atoms with E-state index in [1.165, 1.54) is 4.57 Å². The first-order chi connectivity index (χ1) is 28.4. The maximum Gasteiger partial charge on any atom is 0.390 e. The third-order valence-electron chi connectivity index (χ3n) is 11.1. The molecule has 4 heterocycles. The summed E-state index contributed by atoms with van der Waals surface area (Å²) >= 11 is 0. The number of aromatic nitrogens is 5. The molecular weight excluding hydrogens is 770 g/mol. The van der Waals surface area contributed by atoms with Crippen LogP contribution in [0.4, 0.5) is 19.1 Å². The topological polar surface area (TPSA) is 167 Å². The number of aliphatic hydroxyl groups is 1. The summed E-state index contributed by atoms with van der Waals surface area (Å²) in [5, 5.41) is 19.3. The number of amides is 2. The van der Waals surface area contributed by atoms with Crippen LogP contribution in [0.25, 0.3) is 33.2 Å². The van der Waals surface area contributed by atoms with Crippen molar-refractivity contribution in [1.82, 2.24) is 34.3 Å². The lowest BCUT2D eigenvalue weighted by atomic mass is 9.93. The largest absolute Gasteiger partial charge is 0.393 e. The maximum atomic E-state index is 13.0. The molecule has 0 spiro atoms. The molecule has 316 valence electrons. The lowest BCUT2D eigenvalue weighted by Gasteiger charge is -2.27. The highest BCUT2D eigenvalue weighted by Crippen LogP contribution is 2.37. The number of aliphatic hydroxyl groups excluding tert-OH is 1. The molecule has 5 aromatic rings. The van der Waals surface area contributed by atoms with Gasteiger partial charge in [0.25, 0.3) is 0 Å². The molecule has 1 saturated heterocycles. The van der Waals surface area contributed by atoms with E-state index in [1.807, 2.05) is 36.5 Å². The molecule has 0 unspecified atom stereocenters. The molecular formula is C42H51F3N8O6. The normalized spacial score (nSPS) is 18.8. The third kappa shape index (κ3) is 10.4. The molecule has 2 aliphatic rings. The summed E-state index contributed by atoms with van der Waals surface area (Å²) in [7, 11) is 1.69. The number of halogens is 3. The highest BCUT2D eigenvalue weighted by Gasteiger charge is 2.31. The van der Waals surface area contributed by atoms with Crippen molar-refractivity contribution < 1.29 is 37.3 Å². The average molecular weight is 821 g/mol. The summed E-state index contributed by atoms with van der Waals surface area (Å²) in [6.45, 7) is 3.06. The predicted octanol–water partition coefficient (Wildman–Crippen LogP) is 5.33. The van der Waals surface area contributed by atoms with Crippen LogP contribution in [-0.2, 0) is 39.1 Å². The summed E-state index contributed by atoms with van der Waals surface area (Å²) in [6, 6.07) is 13.4. The van der Waals surface area contributed by atoms with Crippen LogP contribution in [0.5, 0.6) is 0 Å². The first-order valence-electron chi connectivity index (χ1n) is 20.3. The number of hydrogen-bond acceptors (Lipinski definition) is 10. The number of fused-ring (bicyclic) bond motifs is 2. The fourth-order valence-electron chi connectivity index (χ4n) is 7.95. The van der Waals surface area contributed by atoms with Crippen LogP contribution in [-0.4, -0.2) is 92.4 Å². The van der Waals surface area contributed by atoms with Crippen molar-refractivity contribution in [3.8, 4) is 11.1 Å². The number of piperidine rings is 1. The number of carbonyl (C=O) groups is 2. The van der Waals surface area contributed by atoms with Gasteiger partial charge in [-0.3, -0.25) is 24.0 Å². The summed E-state index contributed by atoms with van der Waals surface area (Å²) < 4.78 is 54.8. The van der Waals surface area contributed by atoms with E-state index in [9.17, 15) is 32.7 Å². The van der Waals surface area contributed by atoms with Crippen molar-refractivity contribution in [3.05, 3.63) is 76.5 Å². The van der Waals surface area contributed by atoms with Gasteiger partial charge in [-0.15, -0.1) is 0 Å². The van der Waals surface area contributed by atoms with Gasteiger partial charge in [0.05, 0.1) is 43.4 Å². The van der Waals surface area contributed by atoms with E-state index in [-0.39, 0.29) is 42.7 Å². The predicted molar refractivity (Wildman–Crippen MR) is 216 cm³/mol. The molecule has 1 atom stereocenters. The second kappa shape index (κ2) is 18.9. The second-order valence-corrected chi connectivity index (χ2v) is 15.3. The Morgan fingerprint density at radius 2 is 1.66 bits per heavy atom. The summed E-state index contributed by atoms with van der Waals surface area (Å²) in [5.74, 6) is -0.612. The van der Waals surface area contributed by atoms with Gasteiger partial charge in [0.2, 0.25) is 17.8 Å². The third-order valence-corrected chi connectivity index (χ3v) is 11.1. The molecule has 2 amide bonds. The number of carbonyl (C=O) groups excluding carboxylic acids is 2. The monoisotopic (exact) mass is 820 g/mol. The van der Waals surface area contributed by atoms with E-state index in [0.717, 1.165) is 58.8 Å². The van der Waals surface area contributed by atoms with Crippen molar-refractivity contribution >= 4 is 39.8 Å². The average Bonchev–Trinajstić information content (AvgIpc) is 3.70. The molecule has 2 fully saturated rings.